The van der Waals surface area contributed by atoms with Crippen molar-refractivity contribution in [3.63, 3.8) is 0 Å². The van der Waals surface area contributed by atoms with E-state index < -0.39 is 0 Å². The van der Waals surface area contributed by atoms with Gasteiger partial charge in [0.1, 0.15) is 12.4 Å². The van der Waals surface area contributed by atoms with Crippen LogP contribution in [-0.4, -0.2) is 15.2 Å². The molecule has 1 atom stereocenters. The van der Waals surface area contributed by atoms with Crippen LogP contribution in [0.5, 0.6) is 5.75 Å². The number of aromatic amines is 1. The highest BCUT2D eigenvalue weighted by Gasteiger charge is 2.13. The van der Waals surface area contributed by atoms with Crippen LogP contribution in [0.15, 0.2) is 24.3 Å². The number of aromatic nitrogens is 3. The summed E-state index contributed by atoms with van der Waals surface area (Å²) < 4.78 is 5.68. The van der Waals surface area contributed by atoms with Crippen molar-refractivity contribution in [1.82, 2.24) is 15.2 Å². The predicted molar refractivity (Wildman–Crippen MR) is 78.5 cm³/mol. The monoisotopic (exact) mass is 274 g/mol. The highest BCUT2D eigenvalue weighted by molar-refractivity contribution is 5.31. The van der Waals surface area contributed by atoms with Crippen LogP contribution < -0.4 is 10.5 Å². The quantitative estimate of drug-likeness (QED) is 0.898. The molecule has 20 heavy (non-hydrogen) atoms. The van der Waals surface area contributed by atoms with Crippen LogP contribution in [0.2, 0.25) is 0 Å². The maximum absolute atomic E-state index is 5.71. The van der Waals surface area contributed by atoms with Crippen molar-refractivity contribution in [1.29, 1.82) is 0 Å². The molecule has 0 saturated heterocycles. The Balaban J connectivity index is 1.97. The predicted octanol–water partition coefficient (Wildman–Crippen LogP) is 2.70. The molecule has 0 aliphatic heterocycles. The Kier molecular flexibility index (Phi) is 4.09. The number of nitrogens with two attached hydrogens (primary N) is 1. The molecule has 0 aliphatic rings. The molecule has 0 amide bonds. The van der Waals surface area contributed by atoms with Crippen LogP contribution in [0.1, 0.15) is 50.9 Å². The van der Waals surface area contributed by atoms with Crippen molar-refractivity contribution < 1.29 is 4.74 Å². The third-order valence-electron chi connectivity index (χ3n) is 3.05. The van der Waals surface area contributed by atoms with Gasteiger partial charge in [-0.05, 0) is 30.0 Å². The highest BCUT2D eigenvalue weighted by Crippen LogP contribution is 2.24. The molecule has 0 fully saturated rings. The van der Waals surface area contributed by atoms with Crippen LogP contribution >= 0.6 is 0 Å². The smallest absolute Gasteiger partial charge is 0.167 e. The van der Waals surface area contributed by atoms with E-state index in [0.29, 0.717) is 18.3 Å². The van der Waals surface area contributed by atoms with E-state index in [1.165, 1.54) is 5.56 Å². The number of nitrogens with one attached hydrogen (secondary N) is 1. The van der Waals surface area contributed by atoms with Crippen molar-refractivity contribution >= 4 is 0 Å². The topological polar surface area (TPSA) is 76.8 Å². The number of H-pyrrole nitrogens is 1. The third-order valence-corrected chi connectivity index (χ3v) is 3.05. The number of nitrogens with zero attached hydrogens (tertiary/aromatic N) is 2. The van der Waals surface area contributed by atoms with E-state index in [1.54, 1.807) is 0 Å². The summed E-state index contributed by atoms with van der Waals surface area (Å²) in [6.07, 6.45) is 0. The normalized spacial score (nSPS) is 13.2. The first-order chi connectivity index (χ1) is 9.36. The van der Waals surface area contributed by atoms with Gasteiger partial charge >= 0.3 is 0 Å². The lowest BCUT2D eigenvalue weighted by atomic mass is 9.87. The van der Waals surface area contributed by atoms with Crippen molar-refractivity contribution in [2.45, 2.75) is 45.8 Å². The van der Waals surface area contributed by atoms with Gasteiger partial charge in [0.05, 0.1) is 6.04 Å². The van der Waals surface area contributed by atoms with Gasteiger partial charge in [0.15, 0.2) is 11.6 Å². The molecule has 0 aliphatic carbocycles. The molecule has 0 bridgehead atoms. The van der Waals surface area contributed by atoms with Gasteiger partial charge in [-0.15, -0.1) is 0 Å². The summed E-state index contributed by atoms with van der Waals surface area (Å²) in [5.41, 5.74) is 7.14. The summed E-state index contributed by atoms with van der Waals surface area (Å²) in [5.74, 6) is 2.10. The molecule has 5 heteroatoms. The second-order valence-corrected chi connectivity index (χ2v) is 5.99. The fourth-order valence-corrected chi connectivity index (χ4v) is 1.78. The molecule has 0 radical (unpaired) electrons. The molecule has 1 aromatic heterocycles. The van der Waals surface area contributed by atoms with Crippen LogP contribution in [0.4, 0.5) is 0 Å². The summed E-state index contributed by atoms with van der Waals surface area (Å²) in [7, 11) is 0. The second-order valence-electron chi connectivity index (χ2n) is 5.99. The molecule has 1 heterocycles. The van der Waals surface area contributed by atoms with Crippen LogP contribution in [0, 0.1) is 0 Å². The lowest BCUT2D eigenvalue weighted by molar-refractivity contribution is 0.296. The first-order valence-corrected chi connectivity index (χ1v) is 6.76. The maximum Gasteiger partial charge on any atom is 0.167 e. The van der Waals surface area contributed by atoms with Crippen molar-refractivity contribution in [3.05, 3.63) is 41.5 Å². The van der Waals surface area contributed by atoms with Gasteiger partial charge < -0.3 is 10.5 Å². The summed E-state index contributed by atoms with van der Waals surface area (Å²) in [4.78, 5) is 4.26. The van der Waals surface area contributed by atoms with E-state index in [1.807, 2.05) is 19.1 Å². The zero-order chi connectivity index (χ0) is 14.8. The molecule has 0 spiro atoms. The Labute approximate surface area is 119 Å². The Hall–Kier alpha value is -1.88. The molecule has 0 saturated carbocycles. The van der Waals surface area contributed by atoms with Crippen molar-refractivity contribution in [2.75, 3.05) is 0 Å². The number of ether oxygens (including phenoxy) is 1. The minimum atomic E-state index is -0.175. The van der Waals surface area contributed by atoms with Crippen LogP contribution in [0.25, 0.3) is 0 Å². The Morgan fingerprint density at radius 1 is 1.25 bits per heavy atom. The largest absolute Gasteiger partial charge is 0.486 e. The van der Waals surface area contributed by atoms with Gasteiger partial charge in [0.2, 0.25) is 0 Å². The van der Waals surface area contributed by atoms with E-state index in [-0.39, 0.29) is 11.5 Å². The number of hydrogen-bond acceptors (Lipinski definition) is 4. The SMILES string of the molecule is C[C@H](N)c1n[nH]c(COc2ccc(C(C)(C)C)cc2)n1. The van der Waals surface area contributed by atoms with Crippen LogP contribution in [0.3, 0.4) is 0 Å². The molecule has 1 aromatic carbocycles. The minimum absolute atomic E-state index is 0.148. The van der Waals surface area contributed by atoms with Gasteiger partial charge in [0, 0.05) is 0 Å². The standard InChI is InChI=1S/C15H22N4O/c1-10(16)14-17-13(18-19-14)9-20-12-7-5-11(6-8-12)15(2,3)4/h5-8,10H,9,16H2,1-4H3,(H,17,18,19)/t10-/m0/s1. The highest BCUT2D eigenvalue weighted by atomic mass is 16.5. The van der Waals surface area contributed by atoms with E-state index in [4.69, 9.17) is 10.5 Å². The first kappa shape index (κ1) is 14.5. The van der Waals surface area contributed by atoms with Gasteiger partial charge in [-0.2, -0.15) is 5.10 Å². The van der Waals surface area contributed by atoms with Gasteiger partial charge in [0.25, 0.3) is 0 Å². The fraction of sp³-hybridized carbons (Fsp3) is 0.467. The number of benzene rings is 1. The van der Waals surface area contributed by atoms with E-state index in [0.717, 1.165) is 5.75 Å². The van der Waals surface area contributed by atoms with Gasteiger partial charge in [-0.25, -0.2) is 4.98 Å². The maximum atomic E-state index is 5.71. The molecule has 0 unspecified atom stereocenters. The molecule has 5 nitrogen and oxygen atoms in total. The van der Waals surface area contributed by atoms with Crippen LogP contribution in [-0.2, 0) is 12.0 Å². The fourth-order valence-electron chi connectivity index (χ4n) is 1.78. The summed E-state index contributed by atoms with van der Waals surface area (Å²) in [6, 6.07) is 7.95. The van der Waals surface area contributed by atoms with Crippen molar-refractivity contribution in [3.8, 4) is 5.75 Å². The summed E-state index contributed by atoms with van der Waals surface area (Å²) in [6.45, 7) is 8.76. The summed E-state index contributed by atoms with van der Waals surface area (Å²) >= 11 is 0. The molecule has 2 aromatic rings. The Bertz CT molecular complexity index is 552. The molecule has 108 valence electrons. The zero-order valence-electron chi connectivity index (χ0n) is 12.5. The lowest BCUT2D eigenvalue weighted by Crippen LogP contribution is -2.10. The molecular formula is C15H22N4O. The zero-order valence-corrected chi connectivity index (χ0v) is 12.5. The summed E-state index contributed by atoms with van der Waals surface area (Å²) in [5, 5.41) is 6.86. The second kappa shape index (κ2) is 5.63. The third kappa shape index (κ3) is 3.57. The average molecular weight is 274 g/mol. The van der Waals surface area contributed by atoms with Gasteiger partial charge in [-0.1, -0.05) is 32.9 Å². The van der Waals surface area contributed by atoms with Gasteiger partial charge in [-0.3, -0.25) is 5.10 Å². The number of hydrogen-bond donors (Lipinski definition) is 2. The lowest BCUT2D eigenvalue weighted by Gasteiger charge is -2.19. The molecule has 3 N–H and O–H groups in total. The van der Waals surface area contributed by atoms with E-state index in [9.17, 15) is 0 Å². The molecule has 2 rings (SSSR count). The number of rotatable bonds is 4. The molecular weight excluding hydrogens is 252 g/mol. The first-order valence-electron chi connectivity index (χ1n) is 6.76. The average Bonchev–Trinajstić information content (AvgIpc) is 2.85. The van der Waals surface area contributed by atoms with E-state index in [2.05, 4.69) is 48.1 Å². The van der Waals surface area contributed by atoms with Crippen molar-refractivity contribution in [2.24, 2.45) is 5.73 Å². The Morgan fingerprint density at radius 3 is 2.40 bits per heavy atom. The Morgan fingerprint density at radius 2 is 1.90 bits per heavy atom. The minimum Gasteiger partial charge on any atom is -0.486 e. The van der Waals surface area contributed by atoms with E-state index >= 15 is 0 Å².